The molecule has 0 spiro atoms. The molecule has 2 heterocycles. The molecule has 1 aliphatic rings. The van der Waals surface area contributed by atoms with Gasteiger partial charge in [0, 0.05) is 35.9 Å². The maximum Gasteiger partial charge on any atom is 0.484 e. The number of aromatic nitrogens is 2. The van der Waals surface area contributed by atoms with Crippen LogP contribution in [0.2, 0.25) is 0 Å². The van der Waals surface area contributed by atoms with Crippen LogP contribution >= 0.6 is 15.6 Å². The van der Waals surface area contributed by atoms with Crippen molar-refractivity contribution in [2.45, 2.75) is 123 Å². The highest BCUT2D eigenvalue weighted by Gasteiger charge is 2.42. The van der Waals surface area contributed by atoms with Crippen LogP contribution in [0.15, 0.2) is 69.4 Å². The Morgan fingerprint density at radius 2 is 1.39 bits per heavy atom. The Morgan fingerprint density at radius 1 is 0.864 bits per heavy atom. The Hall–Kier alpha value is -4.41. The first-order chi connectivity index (χ1) is 28.2. The minimum absolute atomic E-state index is 0.0569. The molecular weight excluding hydrogens is 812 g/mol. The van der Waals surface area contributed by atoms with Crippen molar-refractivity contribution in [2.24, 2.45) is 5.11 Å². The number of azide groups is 1. The lowest BCUT2D eigenvalue weighted by Crippen LogP contribution is -2.33. The monoisotopic (exact) mass is 863 g/mol. The number of aromatic amines is 1. The largest absolute Gasteiger partial charge is 0.484 e. The van der Waals surface area contributed by atoms with Crippen LogP contribution in [0, 0.1) is 6.92 Å². The standard InChI is InChI=1S/C38H51N5O14P2/c1-4-6-8-10-12-35(44)54-30-18-14-28(15-19-30)24-52-59(50,53-25-29-16-20-31(21-17-29)55-36(45)13-11-9-7-5-2)57-58(48,49)51-26-33-32(41-42-39)22-34(56-33)43-23-27(3)37(46)40-38(43)47/h14-21,23,32-34H,4-13,22,24-26H2,1-3H3,(H,48,49)(H,40,46,47)/t32-,33+,34+/m0/s1. The SMILES string of the molecule is CCCCCCC(=O)Oc1ccc(COP(=O)(OCc2ccc(OC(=O)CCCCCC)cc2)OP(=O)(O)OC[C@H]2O[C@@H](n3cc(C)c(=O)[nH]c3=O)C[C@@H]2N=[N+]=[N-])cc1. The van der Waals surface area contributed by atoms with Crippen LogP contribution in [-0.2, 0) is 54.6 Å². The number of hydrogen-bond donors (Lipinski definition) is 2. The molecule has 0 radical (unpaired) electrons. The van der Waals surface area contributed by atoms with Crippen molar-refractivity contribution in [2.75, 3.05) is 6.61 Å². The van der Waals surface area contributed by atoms with E-state index in [0.717, 1.165) is 43.1 Å². The summed E-state index contributed by atoms with van der Waals surface area (Å²) in [5.41, 5.74) is 8.76. The van der Waals surface area contributed by atoms with Crippen LogP contribution in [0.3, 0.4) is 0 Å². The minimum atomic E-state index is -5.30. The molecule has 1 aromatic heterocycles. The van der Waals surface area contributed by atoms with Gasteiger partial charge in [0.05, 0.1) is 32.0 Å². The lowest BCUT2D eigenvalue weighted by Gasteiger charge is -2.22. The topological polar surface area (TPSA) is 257 Å². The summed E-state index contributed by atoms with van der Waals surface area (Å²) in [6.45, 7) is 3.99. The van der Waals surface area contributed by atoms with E-state index in [1.807, 2.05) is 0 Å². The number of aryl methyl sites for hydroxylation is 1. The maximum absolute atomic E-state index is 14.0. The van der Waals surface area contributed by atoms with Crippen LogP contribution in [0.5, 0.6) is 11.5 Å². The van der Waals surface area contributed by atoms with E-state index < -0.39 is 65.1 Å². The number of hydrogen-bond acceptors (Lipinski definition) is 14. The number of nitrogens with zero attached hydrogens (tertiary/aromatic N) is 4. The number of carbonyl (C=O) groups excluding carboxylic acids is 2. The number of carbonyl (C=O) groups is 2. The number of rotatable bonds is 25. The molecule has 59 heavy (non-hydrogen) atoms. The molecule has 19 nitrogen and oxygen atoms in total. The Labute approximate surface area is 341 Å². The van der Waals surface area contributed by atoms with Gasteiger partial charge in [0.15, 0.2) is 0 Å². The van der Waals surface area contributed by atoms with Crippen molar-refractivity contribution in [3.63, 3.8) is 0 Å². The fraction of sp³-hybridized carbons (Fsp3) is 0.526. The van der Waals surface area contributed by atoms with E-state index in [1.165, 1.54) is 61.7 Å². The second kappa shape index (κ2) is 23.4. The van der Waals surface area contributed by atoms with E-state index >= 15 is 0 Å². The summed E-state index contributed by atoms with van der Waals surface area (Å²) in [4.78, 5) is 64.5. The number of nitrogens with one attached hydrogen (secondary N) is 1. The van der Waals surface area contributed by atoms with Gasteiger partial charge in [-0.15, -0.1) is 0 Å². The normalized spacial score (nSPS) is 17.5. The summed E-state index contributed by atoms with van der Waals surface area (Å²) < 4.78 is 66.2. The first-order valence-electron chi connectivity index (χ1n) is 19.4. The zero-order valence-electron chi connectivity index (χ0n) is 33.3. The highest BCUT2D eigenvalue weighted by molar-refractivity contribution is 7.61. The molecule has 4 atom stereocenters. The van der Waals surface area contributed by atoms with Gasteiger partial charge in [-0.1, -0.05) is 81.8 Å². The summed E-state index contributed by atoms with van der Waals surface area (Å²) in [5.74, 6) is -0.207. The van der Waals surface area contributed by atoms with Gasteiger partial charge in [0.2, 0.25) is 0 Å². The number of phosphoric ester groups is 2. The summed E-state index contributed by atoms with van der Waals surface area (Å²) in [6.07, 6.45) is 6.91. The highest BCUT2D eigenvalue weighted by Crippen LogP contribution is 2.64. The molecule has 0 saturated carbocycles. The fourth-order valence-corrected chi connectivity index (χ4v) is 8.40. The second-order valence-electron chi connectivity index (χ2n) is 13.8. The third-order valence-electron chi connectivity index (χ3n) is 9.02. The molecule has 1 aliphatic heterocycles. The van der Waals surface area contributed by atoms with E-state index in [4.69, 9.17) is 37.6 Å². The molecule has 1 unspecified atom stereocenters. The first kappa shape index (κ1) is 47.3. The molecule has 21 heteroatoms. The summed E-state index contributed by atoms with van der Waals surface area (Å²) in [6, 6.07) is 11.2. The first-order valence-corrected chi connectivity index (χ1v) is 22.4. The summed E-state index contributed by atoms with van der Waals surface area (Å²) in [5, 5.41) is 3.65. The molecule has 0 aliphatic carbocycles. The van der Waals surface area contributed by atoms with E-state index in [1.54, 1.807) is 0 Å². The van der Waals surface area contributed by atoms with Gasteiger partial charge in [-0.25, -0.2) is 13.9 Å². The van der Waals surface area contributed by atoms with Gasteiger partial charge in [0.25, 0.3) is 5.56 Å². The molecule has 1 saturated heterocycles. The van der Waals surface area contributed by atoms with Crippen molar-refractivity contribution in [1.29, 1.82) is 0 Å². The van der Waals surface area contributed by atoms with Crippen LogP contribution in [0.25, 0.3) is 10.4 Å². The van der Waals surface area contributed by atoms with Crippen molar-refractivity contribution in [1.82, 2.24) is 9.55 Å². The Morgan fingerprint density at radius 3 is 1.88 bits per heavy atom. The molecular formula is C38H51N5O14P2. The molecule has 2 N–H and O–H groups in total. The number of phosphoric acid groups is 2. The third-order valence-corrected chi connectivity index (χ3v) is 12.0. The Kier molecular flexibility index (Phi) is 18.7. The number of H-pyrrole nitrogens is 1. The van der Waals surface area contributed by atoms with Gasteiger partial charge < -0.3 is 19.1 Å². The Balaban J connectivity index is 1.43. The average molecular weight is 864 g/mol. The van der Waals surface area contributed by atoms with Crippen LogP contribution in [0.1, 0.15) is 107 Å². The molecule has 1 fully saturated rings. The second-order valence-corrected chi connectivity index (χ2v) is 17.1. The summed E-state index contributed by atoms with van der Waals surface area (Å²) in [7, 11) is -10.3. The van der Waals surface area contributed by atoms with Gasteiger partial charge in [0.1, 0.15) is 17.7 Å². The van der Waals surface area contributed by atoms with Crippen molar-refractivity contribution < 1.29 is 55.7 Å². The van der Waals surface area contributed by atoms with Crippen LogP contribution in [0.4, 0.5) is 0 Å². The molecule has 322 valence electrons. The van der Waals surface area contributed by atoms with Crippen molar-refractivity contribution >= 4 is 27.6 Å². The van der Waals surface area contributed by atoms with Crippen LogP contribution < -0.4 is 20.7 Å². The van der Waals surface area contributed by atoms with E-state index in [-0.39, 0.29) is 48.3 Å². The fourth-order valence-electron chi connectivity index (χ4n) is 5.80. The van der Waals surface area contributed by atoms with Crippen molar-refractivity contribution in [3.8, 4) is 11.5 Å². The summed E-state index contributed by atoms with van der Waals surface area (Å²) >= 11 is 0. The van der Waals surface area contributed by atoms with E-state index in [2.05, 4.69) is 28.9 Å². The third kappa shape index (κ3) is 15.9. The zero-order valence-corrected chi connectivity index (χ0v) is 35.1. The quantitative estimate of drug-likeness (QED) is 0.0155. The van der Waals surface area contributed by atoms with E-state index in [0.29, 0.717) is 24.0 Å². The van der Waals surface area contributed by atoms with Gasteiger partial charge in [-0.05, 0) is 60.7 Å². The van der Waals surface area contributed by atoms with E-state index in [9.17, 15) is 33.2 Å². The number of esters is 2. The lowest BCUT2D eigenvalue weighted by molar-refractivity contribution is -0.135. The lowest BCUT2D eigenvalue weighted by atomic mass is 10.1. The number of ether oxygens (including phenoxy) is 3. The van der Waals surface area contributed by atoms with Crippen molar-refractivity contribution in [3.05, 3.63) is 103 Å². The van der Waals surface area contributed by atoms with Gasteiger partial charge in [-0.2, -0.15) is 4.31 Å². The highest BCUT2D eigenvalue weighted by atomic mass is 31.3. The van der Waals surface area contributed by atoms with Gasteiger partial charge >= 0.3 is 33.3 Å². The maximum atomic E-state index is 14.0. The predicted octanol–water partition coefficient (Wildman–Crippen LogP) is 8.24. The zero-order chi connectivity index (χ0) is 42.8. The molecule has 0 amide bonds. The average Bonchev–Trinajstić information content (AvgIpc) is 3.60. The van der Waals surface area contributed by atoms with Crippen LogP contribution in [-0.4, -0.2) is 45.1 Å². The van der Waals surface area contributed by atoms with Gasteiger partial charge in [-0.3, -0.25) is 37.5 Å². The molecule has 4 rings (SSSR count). The minimum Gasteiger partial charge on any atom is -0.427 e. The smallest absolute Gasteiger partial charge is 0.427 e. The molecule has 2 aromatic carbocycles. The molecule has 3 aromatic rings. The Bertz CT molecular complexity index is 2030. The number of unbranched alkanes of at least 4 members (excludes halogenated alkanes) is 6. The molecule has 0 bridgehead atoms. The predicted molar refractivity (Wildman–Crippen MR) is 213 cm³/mol. The number of benzene rings is 2.